The number of anilines is 1. The van der Waals surface area contributed by atoms with Gasteiger partial charge in [0.2, 0.25) is 5.91 Å². The SMILES string of the molecule is O=C1C[C@@H](c2ccc(C(=O)O)cc2)c2ncn(-c3cccc(Cl)c3)c2N1. The maximum absolute atomic E-state index is 12.3. The minimum Gasteiger partial charge on any atom is -0.478 e. The molecule has 0 spiro atoms. The van der Waals surface area contributed by atoms with Crippen molar-refractivity contribution in [3.05, 3.63) is 76.7 Å². The Morgan fingerprint density at radius 2 is 2.00 bits per heavy atom. The summed E-state index contributed by atoms with van der Waals surface area (Å²) < 4.78 is 1.79. The van der Waals surface area contributed by atoms with Gasteiger partial charge in [-0.25, -0.2) is 9.78 Å². The van der Waals surface area contributed by atoms with E-state index in [2.05, 4.69) is 10.3 Å². The highest BCUT2D eigenvalue weighted by Gasteiger charge is 2.31. The van der Waals surface area contributed by atoms with Crippen molar-refractivity contribution < 1.29 is 14.7 Å². The van der Waals surface area contributed by atoms with E-state index < -0.39 is 5.97 Å². The summed E-state index contributed by atoms with van der Waals surface area (Å²) in [4.78, 5) is 27.8. The number of amides is 1. The van der Waals surface area contributed by atoms with Crippen LogP contribution in [0.15, 0.2) is 54.9 Å². The molecule has 0 saturated heterocycles. The summed E-state index contributed by atoms with van der Waals surface area (Å²) in [6.45, 7) is 0. The first-order chi connectivity index (χ1) is 12.5. The highest BCUT2D eigenvalue weighted by atomic mass is 35.5. The lowest BCUT2D eigenvalue weighted by Crippen LogP contribution is -2.25. The molecular weight excluding hydrogens is 354 g/mol. The van der Waals surface area contributed by atoms with E-state index in [9.17, 15) is 9.59 Å². The van der Waals surface area contributed by atoms with Crippen LogP contribution in [-0.4, -0.2) is 26.5 Å². The molecule has 0 radical (unpaired) electrons. The van der Waals surface area contributed by atoms with Crippen LogP contribution < -0.4 is 5.32 Å². The highest BCUT2D eigenvalue weighted by molar-refractivity contribution is 6.30. The Balaban J connectivity index is 1.77. The normalized spacial score (nSPS) is 16.0. The predicted molar refractivity (Wildman–Crippen MR) is 97.1 cm³/mol. The Morgan fingerprint density at radius 1 is 1.23 bits per heavy atom. The Kier molecular flexibility index (Phi) is 3.97. The van der Waals surface area contributed by atoms with Crippen LogP contribution >= 0.6 is 11.6 Å². The maximum Gasteiger partial charge on any atom is 0.335 e. The lowest BCUT2D eigenvalue weighted by Gasteiger charge is -2.23. The molecule has 1 amide bonds. The fourth-order valence-corrected chi connectivity index (χ4v) is 3.35. The zero-order chi connectivity index (χ0) is 18.3. The summed E-state index contributed by atoms with van der Waals surface area (Å²) in [6.07, 6.45) is 1.91. The number of fused-ring (bicyclic) bond motifs is 1. The second kappa shape index (κ2) is 6.31. The molecule has 2 aromatic carbocycles. The molecule has 0 unspecified atom stereocenters. The van der Waals surface area contributed by atoms with Gasteiger partial charge in [-0.3, -0.25) is 9.36 Å². The molecule has 1 atom stereocenters. The summed E-state index contributed by atoms with van der Waals surface area (Å²) >= 11 is 6.07. The lowest BCUT2D eigenvalue weighted by molar-refractivity contribution is -0.116. The molecule has 0 aliphatic carbocycles. The standard InChI is InChI=1S/C19H14ClN3O3/c20-13-2-1-3-14(8-13)23-10-21-17-15(9-16(24)22-18(17)23)11-4-6-12(7-5-11)19(25)26/h1-8,10,15H,9H2,(H,22,24)(H,25,26)/t15-/m0/s1. The van der Waals surface area contributed by atoms with Crippen molar-refractivity contribution in [3.63, 3.8) is 0 Å². The number of hydrogen-bond acceptors (Lipinski definition) is 3. The molecule has 1 aromatic heterocycles. The lowest BCUT2D eigenvalue weighted by atomic mass is 9.89. The van der Waals surface area contributed by atoms with Crippen molar-refractivity contribution in [2.45, 2.75) is 12.3 Å². The van der Waals surface area contributed by atoms with Gasteiger partial charge in [0.25, 0.3) is 0 Å². The largest absolute Gasteiger partial charge is 0.478 e. The van der Waals surface area contributed by atoms with Crippen molar-refractivity contribution >= 4 is 29.3 Å². The third kappa shape index (κ3) is 2.84. The molecule has 0 saturated carbocycles. The van der Waals surface area contributed by atoms with E-state index in [0.29, 0.717) is 10.8 Å². The van der Waals surface area contributed by atoms with Crippen LogP contribution in [0.3, 0.4) is 0 Å². The summed E-state index contributed by atoms with van der Waals surface area (Å²) in [5.74, 6) is -0.727. The van der Waals surface area contributed by atoms with Gasteiger partial charge < -0.3 is 10.4 Å². The summed E-state index contributed by atoms with van der Waals surface area (Å²) in [5.41, 5.74) is 2.60. The van der Waals surface area contributed by atoms with Gasteiger partial charge in [0, 0.05) is 23.0 Å². The van der Waals surface area contributed by atoms with E-state index in [1.807, 2.05) is 12.1 Å². The summed E-state index contributed by atoms with van der Waals surface area (Å²) in [6, 6.07) is 13.8. The first-order valence-electron chi connectivity index (χ1n) is 7.99. The van der Waals surface area contributed by atoms with Gasteiger partial charge in [-0.1, -0.05) is 29.8 Å². The zero-order valence-corrected chi connectivity index (χ0v) is 14.3. The minimum absolute atomic E-state index is 0.117. The maximum atomic E-state index is 12.3. The van der Waals surface area contributed by atoms with Crippen molar-refractivity contribution in [1.29, 1.82) is 0 Å². The van der Waals surface area contributed by atoms with E-state index in [0.717, 1.165) is 16.9 Å². The van der Waals surface area contributed by atoms with Crippen molar-refractivity contribution in [2.75, 3.05) is 5.32 Å². The molecule has 7 heteroatoms. The first kappa shape index (κ1) is 16.4. The second-order valence-corrected chi connectivity index (χ2v) is 6.50. The Bertz CT molecular complexity index is 1010. The zero-order valence-electron chi connectivity index (χ0n) is 13.5. The number of rotatable bonds is 3. The van der Waals surface area contributed by atoms with Crippen LogP contribution in [0, 0.1) is 0 Å². The van der Waals surface area contributed by atoms with Crippen LogP contribution in [0.1, 0.15) is 34.0 Å². The molecule has 1 aliphatic heterocycles. The number of carboxylic acids is 1. The van der Waals surface area contributed by atoms with Crippen LogP contribution in [0.25, 0.3) is 5.69 Å². The van der Waals surface area contributed by atoms with E-state index in [1.165, 1.54) is 12.1 Å². The molecule has 3 aromatic rings. The van der Waals surface area contributed by atoms with Gasteiger partial charge in [-0.05, 0) is 35.9 Å². The molecule has 26 heavy (non-hydrogen) atoms. The number of carboxylic acid groups (broad SMARTS) is 1. The Morgan fingerprint density at radius 3 is 2.69 bits per heavy atom. The third-order valence-corrected chi connectivity index (χ3v) is 4.65. The van der Waals surface area contributed by atoms with Gasteiger partial charge in [0.1, 0.15) is 12.1 Å². The fourth-order valence-electron chi connectivity index (χ4n) is 3.16. The minimum atomic E-state index is -0.983. The highest BCUT2D eigenvalue weighted by Crippen LogP contribution is 2.37. The van der Waals surface area contributed by atoms with Crippen molar-refractivity contribution in [2.24, 2.45) is 0 Å². The number of halogens is 1. The Hall–Kier alpha value is -3.12. The molecule has 0 bridgehead atoms. The summed E-state index contributed by atoms with van der Waals surface area (Å²) in [5, 5.41) is 12.5. The van der Waals surface area contributed by atoms with E-state index in [1.54, 1.807) is 35.2 Å². The average molecular weight is 368 g/mol. The second-order valence-electron chi connectivity index (χ2n) is 6.06. The van der Waals surface area contributed by atoms with E-state index >= 15 is 0 Å². The molecule has 130 valence electrons. The molecule has 0 fully saturated rings. The molecule has 1 aliphatic rings. The Labute approximate surface area is 154 Å². The van der Waals surface area contributed by atoms with Gasteiger partial charge in [0.05, 0.1) is 11.3 Å². The van der Waals surface area contributed by atoms with Crippen LogP contribution in [0.2, 0.25) is 5.02 Å². The molecule has 2 N–H and O–H groups in total. The van der Waals surface area contributed by atoms with Crippen LogP contribution in [0.5, 0.6) is 0 Å². The smallest absolute Gasteiger partial charge is 0.335 e. The molecule has 6 nitrogen and oxygen atoms in total. The van der Waals surface area contributed by atoms with Crippen molar-refractivity contribution in [1.82, 2.24) is 9.55 Å². The predicted octanol–water partition coefficient (Wildman–Crippen LogP) is 3.70. The van der Waals surface area contributed by atoms with Gasteiger partial charge >= 0.3 is 5.97 Å². The van der Waals surface area contributed by atoms with Gasteiger partial charge in [-0.15, -0.1) is 0 Å². The van der Waals surface area contributed by atoms with Crippen LogP contribution in [0.4, 0.5) is 5.82 Å². The third-order valence-electron chi connectivity index (χ3n) is 4.42. The quantitative estimate of drug-likeness (QED) is 0.739. The number of benzene rings is 2. The fraction of sp³-hybridized carbons (Fsp3) is 0.105. The topological polar surface area (TPSA) is 84.2 Å². The molecule has 2 heterocycles. The van der Waals surface area contributed by atoms with Gasteiger partial charge in [0.15, 0.2) is 0 Å². The number of aromatic carboxylic acids is 1. The summed E-state index contributed by atoms with van der Waals surface area (Å²) in [7, 11) is 0. The van der Waals surface area contributed by atoms with Crippen molar-refractivity contribution in [3.8, 4) is 5.69 Å². The number of imidazole rings is 1. The number of nitrogens with zero attached hydrogens (tertiary/aromatic N) is 2. The number of aromatic nitrogens is 2. The monoisotopic (exact) mass is 367 g/mol. The van der Waals surface area contributed by atoms with Crippen LogP contribution in [-0.2, 0) is 4.79 Å². The van der Waals surface area contributed by atoms with E-state index in [-0.39, 0.29) is 23.8 Å². The number of nitrogens with one attached hydrogen (secondary N) is 1. The first-order valence-corrected chi connectivity index (χ1v) is 8.37. The number of carbonyl (C=O) groups excluding carboxylic acids is 1. The number of carbonyl (C=O) groups is 2. The van der Waals surface area contributed by atoms with E-state index in [4.69, 9.17) is 16.7 Å². The molecular formula is C19H14ClN3O3. The molecule has 4 rings (SSSR count). The average Bonchev–Trinajstić information content (AvgIpc) is 3.05. The van der Waals surface area contributed by atoms with Gasteiger partial charge in [-0.2, -0.15) is 0 Å². The number of hydrogen-bond donors (Lipinski definition) is 2.